The van der Waals surface area contributed by atoms with E-state index in [1.165, 1.54) is 16.0 Å². The van der Waals surface area contributed by atoms with Gasteiger partial charge in [0.05, 0.1) is 18.6 Å². The van der Waals surface area contributed by atoms with Crippen LogP contribution < -0.4 is 5.32 Å². The Balaban J connectivity index is 1.46. The van der Waals surface area contributed by atoms with Gasteiger partial charge in [0.15, 0.2) is 0 Å². The van der Waals surface area contributed by atoms with E-state index in [9.17, 15) is 4.79 Å². The van der Waals surface area contributed by atoms with Crippen LogP contribution in [0.25, 0.3) is 21.3 Å². The Bertz CT molecular complexity index is 952. The SMILES string of the molecule is Cc1sc2ncnc(NCCCC(=O)N3CCOCC3)c2c1-c1ccccc1. The first-order chi connectivity index (χ1) is 13.7. The Morgan fingerprint density at radius 1 is 1.21 bits per heavy atom. The van der Waals surface area contributed by atoms with Crippen molar-refractivity contribution in [2.75, 3.05) is 38.2 Å². The summed E-state index contributed by atoms with van der Waals surface area (Å²) in [4.78, 5) is 25.3. The van der Waals surface area contributed by atoms with Gasteiger partial charge < -0.3 is 15.0 Å². The average Bonchev–Trinajstić information content (AvgIpc) is 3.08. The van der Waals surface area contributed by atoms with Gasteiger partial charge in [-0.2, -0.15) is 0 Å². The summed E-state index contributed by atoms with van der Waals surface area (Å²) in [5.74, 6) is 1.04. The molecule has 4 rings (SSSR count). The lowest BCUT2D eigenvalue weighted by Crippen LogP contribution is -2.40. The third-order valence-corrected chi connectivity index (χ3v) is 5.96. The zero-order valence-corrected chi connectivity index (χ0v) is 16.8. The minimum Gasteiger partial charge on any atom is -0.378 e. The fourth-order valence-corrected chi connectivity index (χ4v) is 4.56. The minimum atomic E-state index is 0.203. The number of hydrogen-bond donors (Lipinski definition) is 1. The van der Waals surface area contributed by atoms with Crippen molar-refractivity contribution in [3.63, 3.8) is 0 Å². The van der Waals surface area contributed by atoms with Gasteiger partial charge in [-0.05, 0) is 18.9 Å². The summed E-state index contributed by atoms with van der Waals surface area (Å²) in [5, 5.41) is 4.50. The number of thiophene rings is 1. The molecule has 0 atom stereocenters. The highest BCUT2D eigenvalue weighted by Gasteiger charge is 2.18. The normalized spacial score (nSPS) is 14.4. The number of anilines is 1. The zero-order chi connectivity index (χ0) is 19.3. The first kappa shape index (κ1) is 18.8. The maximum Gasteiger partial charge on any atom is 0.222 e. The Morgan fingerprint density at radius 3 is 2.79 bits per heavy atom. The highest BCUT2D eigenvalue weighted by Crippen LogP contribution is 2.40. The molecule has 1 N–H and O–H groups in total. The summed E-state index contributed by atoms with van der Waals surface area (Å²) in [6, 6.07) is 10.4. The molecule has 0 unspecified atom stereocenters. The van der Waals surface area contributed by atoms with Crippen LogP contribution in [0.3, 0.4) is 0 Å². The maximum atomic E-state index is 12.3. The predicted octanol–water partition coefficient (Wildman–Crippen LogP) is 3.72. The van der Waals surface area contributed by atoms with Crippen molar-refractivity contribution in [3.8, 4) is 11.1 Å². The molecule has 1 saturated heterocycles. The zero-order valence-electron chi connectivity index (χ0n) is 16.0. The van der Waals surface area contributed by atoms with Crippen LogP contribution in [0.2, 0.25) is 0 Å². The molecule has 2 aromatic heterocycles. The minimum absolute atomic E-state index is 0.203. The molecule has 28 heavy (non-hydrogen) atoms. The topological polar surface area (TPSA) is 67.4 Å². The fourth-order valence-electron chi connectivity index (χ4n) is 3.55. The fraction of sp³-hybridized carbons (Fsp3) is 0.381. The van der Waals surface area contributed by atoms with Crippen LogP contribution in [-0.4, -0.2) is 53.6 Å². The number of ether oxygens (including phenoxy) is 1. The monoisotopic (exact) mass is 396 g/mol. The number of carbonyl (C=O) groups is 1. The van der Waals surface area contributed by atoms with Crippen molar-refractivity contribution in [3.05, 3.63) is 41.5 Å². The number of rotatable bonds is 6. The summed E-state index contributed by atoms with van der Waals surface area (Å²) in [6.07, 6.45) is 2.91. The van der Waals surface area contributed by atoms with E-state index >= 15 is 0 Å². The molecule has 0 saturated carbocycles. The van der Waals surface area contributed by atoms with Gasteiger partial charge in [-0.15, -0.1) is 11.3 Å². The highest BCUT2D eigenvalue weighted by molar-refractivity contribution is 7.19. The second kappa shape index (κ2) is 8.67. The summed E-state index contributed by atoms with van der Waals surface area (Å²) < 4.78 is 5.30. The number of hydrogen-bond acceptors (Lipinski definition) is 6. The van der Waals surface area contributed by atoms with Crippen molar-refractivity contribution in [1.82, 2.24) is 14.9 Å². The molecule has 1 aliphatic heterocycles. The van der Waals surface area contributed by atoms with Gasteiger partial charge in [0.2, 0.25) is 5.91 Å². The maximum absolute atomic E-state index is 12.3. The molecular formula is C21H24N4O2S. The molecule has 6 nitrogen and oxygen atoms in total. The molecule has 0 aliphatic carbocycles. The number of nitrogens with one attached hydrogen (secondary N) is 1. The quantitative estimate of drug-likeness (QED) is 0.643. The standard InChI is InChI=1S/C21H24N4O2S/c1-15-18(16-6-3-2-4-7-16)19-20(23-14-24-21(19)28-15)22-9-5-8-17(26)25-10-12-27-13-11-25/h2-4,6-7,14H,5,8-13H2,1H3,(H,22,23,24). The molecule has 3 heterocycles. The van der Waals surface area contributed by atoms with E-state index in [0.717, 1.165) is 22.5 Å². The summed E-state index contributed by atoms with van der Waals surface area (Å²) in [6.45, 7) is 5.51. The number of nitrogens with zero attached hydrogens (tertiary/aromatic N) is 3. The van der Waals surface area contributed by atoms with Crippen LogP contribution in [0.1, 0.15) is 17.7 Å². The smallest absolute Gasteiger partial charge is 0.222 e. The largest absolute Gasteiger partial charge is 0.378 e. The van der Waals surface area contributed by atoms with Crippen molar-refractivity contribution >= 4 is 33.3 Å². The van der Waals surface area contributed by atoms with E-state index in [4.69, 9.17) is 4.74 Å². The summed E-state index contributed by atoms with van der Waals surface area (Å²) in [7, 11) is 0. The van der Waals surface area contributed by atoms with Crippen LogP contribution in [0.5, 0.6) is 0 Å². The van der Waals surface area contributed by atoms with Crippen LogP contribution in [0, 0.1) is 6.92 Å². The molecule has 7 heteroatoms. The van der Waals surface area contributed by atoms with Gasteiger partial charge in [0.1, 0.15) is 17.0 Å². The number of aryl methyl sites for hydroxylation is 1. The lowest BCUT2D eigenvalue weighted by Gasteiger charge is -2.26. The number of morpholine rings is 1. The average molecular weight is 397 g/mol. The van der Waals surface area contributed by atoms with Gasteiger partial charge in [0, 0.05) is 36.5 Å². The van der Waals surface area contributed by atoms with Crippen molar-refractivity contribution in [2.45, 2.75) is 19.8 Å². The molecule has 3 aromatic rings. The number of aromatic nitrogens is 2. The molecule has 146 valence electrons. The highest BCUT2D eigenvalue weighted by atomic mass is 32.1. The van der Waals surface area contributed by atoms with Crippen LogP contribution in [0.4, 0.5) is 5.82 Å². The Morgan fingerprint density at radius 2 is 2.00 bits per heavy atom. The third kappa shape index (κ3) is 4.00. The molecular weight excluding hydrogens is 372 g/mol. The lowest BCUT2D eigenvalue weighted by atomic mass is 10.0. The molecule has 1 aliphatic rings. The predicted molar refractivity (Wildman–Crippen MR) is 113 cm³/mol. The van der Waals surface area contributed by atoms with Gasteiger partial charge in [0.25, 0.3) is 0 Å². The van der Waals surface area contributed by atoms with Crippen molar-refractivity contribution in [2.24, 2.45) is 0 Å². The second-order valence-electron chi connectivity index (χ2n) is 6.83. The second-order valence-corrected chi connectivity index (χ2v) is 8.03. The van der Waals surface area contributed by atoms with E-state index in [2.05, 4.69) is 34.3 Å². The van der Waals surface area contributed by atoms with Crippen molar-refractivity contribution in [1.29, 1.82) is 0 Å². The first-order valence-corrected chi connectivity index (χ1v) is 10.4. The number of amides is 1. The van der Waals surface area contributed by atoms with E-state index in [0.29, 0.717) is 39.3 Å². The molecule has 1 aromatic carbocycles. The van der Waals surface area contributed by atoms with E-state index in [-0.39, 0.29) is 5.91 Å². The molecule has 1 fully saturated rings. The number of carbonyl (C=O) groups excluding carboxylic acids is 1. The molecule has 1 amide bonds. The van der Waals surface area contributed by atoms with Crippen LogP contribution >= 0.6 is 11.3 Å². The van der Waals surface area contributed by atoms with Crippen LogP contribution in [0.15, 0.2) is 36.7 Å². The van der Waals surface area contributed by atoms with Gasteiger partial charge in [-0.25, -0.2) is 9.97 Å². The number of fused-ring (bicyclic) bond motifs is 1. The van der Waals surface area contributed by atoms with E-state index < -0.39 is 0 Å². The molecule has 0 spiro atoms. The van der Waals surface area contributed by atoms with Crippen molar-refractivity contribution < 1.29 is 9.53 Å². The van der Waals surface area contributed by atoms with Gasteiger partial charge in [-0.1, -0.05) is 30.3 Å². The van der Waals surface area contributed by atoms with Gasteiger partial charge >= 0.3 is 0 Å². The van der Waals surface area contributed by atoms with Gasteiger partial charge in [-0.3, -0.25) is 4.79 Å². The first-order valence-electron chi connectivity index (χ1n) is 9.63. The summed E-state index contributed by atoms with van der Waals surface area (Å²) >= 11 is 1.69. The van der Waals surface area contributed by atoms with E-state index in [1.807, 2.05) is 23.1 Å². The Labute approximate surface area is 168 Å². The lowest BCUT2D eigenvalue weighted by molar-refractivity contribution is -0.135. The Kier molecular flexibility index (Phi) is 5.83. The third-order valence-electron chi connectivity index (χ3n) is 4.95. The van der Waals surface area contributed by atoms with E-state index in [1.54, 1.807) is 17.7 Å². The molecule has 0 bridgehead atoms. The molecule has 0 radical (unpaired) electrons. The Hall–Kier alpha value is -2.51. The van der Waals surface area contributed by atoms with Crippen LogP contribution in [-0.2, 0) is 9.53 Å². The summed E-state index contributed by atoms with van der Waals surface area (Å²) in [5.41, 5.74) is 2.36. The number of benzene rings is 1.